The second-order valence-electron chi connectivity index (χ2n) is 5.62. The van der Waals surface area contributed by atoms with Crippen molar-refractivity contribution < 1.29 is 9.21 Å². The van der Waals surface area contributed by atoms with Gasteiger partial charge in [0.15, 0.2) is 6.39 Å². The van der Waals surface area contributed by atoms with Crippen LogP contribution in [-0.4, -0.2) is 25.3 Å². The van der Waals surface area contributed by atoms with Gasteiger partial charge in [-0.2, -0.15) is 0 Å². The minimum atomic E-state index is -0.150. The Kier molecular flexibility index (Phi) is 3.22. The molecular formula is C17H16N4O2. The van der Waals surface area contributed by atoms with Crippen LogP contribution in [0.15, 0.2) is 53.5 Å². The summed E-state index contributed by atoms with van der Waals surface area (Å²) in [7, 11) is 0. The van der Waals surface area contributed by atoms with E-state index in [1.54, 1.807) is 13.1 Å². The van der Waals surface area contributed by atoms with E-state index in [9.17, 15) is 4.79 Å². The predicted octanol–water partition coefficient (Wildman–Crippen LogP) is 2.58. The van der Waals surface area contributed by atoms with Gasteiger partial charge in [-0.1, -0.05) is 30.3 Å². The molecule has 0 fully saturated rings. The Hall–Kier alpha value is -2.89. The Morgan fingerprint density at radius 1 is 1.26 bits per heavy atom. The number of hydrogen-bond donors (Lipinski definition) is 0. The number of hydrogen-bond acceptors (Lipinski definition) is 4. The number of carbonyl (C=O) groups is 1. The summed E-state index contributed by atoms with van der Waals surface area (Å²) in [6.07, 6.45) is 5.03. The van der Waals surface area contributed by atoms with Crippen molar-refractivity contribution >= 4 is 5.91 Å². The average molecular weight is 308 g/mol. The van der Waals surface area contributed by atoms with Crippen LogP contribution in [0.25, 0.3) is 0 Å². The van der Waals surface area contributed by atoms with E-state index in [0.29, 0.717) is 24.5 Å². The summed E-state index contributed by atoms with van der Waals surface area (Å²) in [5.41, 5.74) is 1.70. The maximum absolute atomic E-state index is 13.0. The van der Waals surface area contributed by atoms with Crippen molar-refractivity contribution in [1.29, 1.82) is 0 Å². The van der Waals surface area contributed by atoms with Gasteiger partial charge in [-0.25, -0.2) is 9.97 Å². The predicted molar refractivity (Wildman–Crippen MR) is 82.5 cm³/mol. The Morgan fingerprint density at radius 3 is 2.83 bits per heavy atom. The molecule has 1 atom stereocenters. The van der Waals surface area contributed by atoms with Gasteiger partial charge in [-0.05, 0) is 12.5 Å². The normalized spacial score (nSPS) is 17.1. The smallest absolute Gasteiger partial charge is 0.292 e. The first kappa shape index (κ1) is 13.8. The minimum Gasteiger partial charge on any atom is -0.438 e. The van der Waals surface area contributed by atoms with E-state index in [4.69, 9.17) is 4.42 Å². The SMILES string of the molecule is Cc1ncoc1C(=O)N1Cc2nccn2C[C@H]1c1ccccc1. The van der Waals surface area contributed by atoms with Crippen molar-refractivity contribution in [2.75, 3.05) is 0 Å². The van der Waals surface area contributed by atoms with Crippen LogP contribution in [0, 0.1) is 6.92 Å². The third kappa shape index (κ3) is 2.32. The summed E-state index contributed by atoms with van der Waals surface area (Å²) in [6.45, 7) is 2.91. The molecule has 0 bridgehead atoms. The van der Waals surface area contributed by atoms with Crippen LogP contribution in [0.2, 0.25) is 0 Å². The fourth-order valence-electron chi connectivity index (χ4n) is 3.02. The molecule has 0 spiro atoms. The van der Waals surface area contributed by atoms with Gasteiger partial charge < -0.3 is 13.9 Å². The number of rotatable bonds is 2. The van der Waals surface area contributed by atoms with Crippen LogP contribution >= 0.6 is 0 Å². The number of amides is 1. The molecule has 3 aromatic rings. The van der Waals surface area contributed by atoms with Gasteiger partial charge in [0.2, 0.25) is 5.76 Å². The molecule has 1 aliphatic heterocycles. The molecule has 23 heavy (non-hydrogen) atoms. The van der Waals surface area contributed by atoms with Crippen molar-refractivity contribution in [3.8, 4) is 0 Å². The molecule has 0 N–H and O–H groups in total. The quantitative estimate of drug-likeness (QED) is 0.730. The summed E-state index contributed by atoms with van der Waals surface area (Å²) in [5.74, 6) is 1.02. The molecule has 0 radical (unpaired) electrons. The number of carbonyl (C=O) groups excluding carboxylic acids is 1. The van der Waals surface area contributed by atoms with Crippen LogP contribution in [0.3, 0.4) is 0 Å². The second-order valence-corrected chi connectivity index (χ2v) is 5.62. The highest BCUT2D eigenvalue weighted by molar-refractivity contribution is 5.92. The molecule has 0 aliphatic carbocycles. The van der Waals surface area contributed by atoms with Gasteiger partial charge in [0.25, 0.3) is 5.91 Å². The van der Waals surface area contributed by atoms with E-state index in [2.05, 4.69) is 14.5 Å². The third-order valence-electron chi connectivity index (χ3n) is 4.24. The van der Waals surface area contributed by atoms with Crippen LogP contribution in [0.4, 0.5) is 0 Å². The lowest BCUT2D eigenvalue weighted by Gasteiger charge is -2.36. The molecule has 6 heteroatoms. The van der Waals surface area contributed by atoms with Crippen molar-refractivity contribution in [3.05, 3.63) is 72.0 Å². The lowest BCUT2D eigenvalue weighted by Crippen LogP contribution is -2.41. The zero-order valence-corrected chi connectivity index (χ0v) is 12.7. The van der Waals surface area contributed by atoms with E-state index in [0.717, 1.165) is 11.4 Å². The van der Waals surface area contributed by atoms with Crippen molar-refractivity contribution in [3.63, 3.8) is 0 Å². The Bertz CT molecular complexity index is 837. The highest BCUT2D eigenvalue weighted by Gasteiger charge is 2.34. The highest BCUT2D eigenvalue weighted by Crippen LogP contribution is 2.30. The van der Waals surface area contributed by atoms with Crippen molar-refractivity contribution in [2.45, 2.75) is 26.1 Å². The van der Waals surface area contributed by atoms with Crippen LogP contribution in [0.1, 0.15) is 33.7 Å². The fraction of sp³-hybridized carbons (Fsp3) is 0.235. The second kappa shape index (κ2) is 5.39. The molecule has 1 aromatic carbocycles. The summed E-state index contributed by atoms with van der Waals surface area (Å²) in [5, 5.41) is 0. The first-order valence-corrected chi connectivity index (χ1v) is 7.50. The van der Waals surface area contributed by atoms with Gasteiger partial charge in [0, 0.05) is 18.9 Å². The molecule has 2 aromatic heterocycles. The summed E-state index contributed by atoms with van der Waals surface area (Å²) < 4.78 is 7.40. The number of nitrogens with zero attached hydrogens (tertiary/aromatic N) is 4. The van der Waals surface area contributed by atoms with Gasteiger partial charge in [0.1, 0.15) is 5.82 Å². The molecule has 116 valence electrons. The average Bonchev–Trinajstić information content (AvgIpc) is 3.22. The maximum atomic E-state index is 13.0. The molecule has 1 amide bonds. The van der Waals surface area contributed by atoms with E-state index < -0.39 is 0 Å². The monoisotopic (exact) mass is 308 g/mol. The fourth-order valence-corrected chi connectivity index (χ4v) is 3.02. The third-order valence-corrected chi connectivity index (χ3v) is 4.24. The summed E-state index contributed by atoms with van der Waals surface area (Å²) in [6, 6.07) is 9.97. The lowest BCUT2D eigenvalue weighted by atomic mass is 10.0. The van der Waals surface area contributed by atoms with Crippen LogP contribution in [0.5, 0.6) is 0 Å². The number of oxazole rings is 1. The standard InChI is InChI=1S/C17H16N4O2/c1-12-16(23-11-19-12)17(22)21-10-15-18-7-8-20(15)9-14(21)13-5-3-2-4-6-13/h2-8,11,14H,9-10H2,1H3/t14-/m0/s1. The summed E-state index contributed by atoms with van der Waals surface area (Å²) in [4.78, 5) is 23.1. The number of aromatic nitrogens is 3. The molecular weight excluding hydrogens is 292 g/mol. The number of benzene rings is 1. The van der Waals surface area contributed by atoms with Gasteiger partial charge in [-0.3, -0.25) is 4.79 Å². The molecule has 4 rings (SSSR count). The molecule has 0 saturated heterocycles. The van der Waals surface area contributed by atoms with E-state index in [-0.39, 0.29) is 11.9 Å². The topological polar surface area (TPSA) is 64.2 Å². The number of fused-ring (bicyclic) bond motifs is 1. The zero-order valence-electron chi connectivity index (χ0n) is 12.7. The van der Waals surface area contributed by atoms with Crippen molar-refractivity contribution in [2.24, 2.45) is 0 Å². The number of aryl methyl sites for hydroxylation is 1. The number of imidazole rings is 1. The maximum Gasteiger partial charge on any atom is 0.292 e. The molecule has 6 nitrogen and oxygen atoms in total. The summed E-state index contributed by atoms with van der Waals surface area (Å²) >= 11 is 0. The molecule has 1 aliphatic rings. The minimum absolute atomic E-state index is 0.0603. The van der Waals surface area contributed by atoms with Crippen LogP contribution in [-0.2, 0) is 13.1 Å². The zero-order chi connectivity index (χ0) is 15.8. The van der Waals surface area contributed by atoms with Gasteiger partial charge in [0.05, 0.1) is 18.3 Å². The molecule has 0 unspecified atom stereocenters. The molecule has 3 heterocycles. The van der Waals surface area contributed by atoms with Crippen LogP contribution < -0.4 is 0 Å². The molecule has 0 saturated carbocycles. The highest BCUT2D eigenvalue weighted by atomic mass is 16.3. The van der Waals surface area contributed by atoms with E-state index >= 15 is 0 Å². The lowest BCUT2D eigenvalue weighted by molar-refractivity contribution is 0.0550. The van der Waals surface area contributed by atoms with Crippen molar-refractivity contribution in [1.82, 2.24) is 19.4 Å². The Balaban J connectivity index is 1.75. The Morgan fingerprint density at radius 2 is 2.09 bits per heavy atom. The van der Waals surface area contributed by atoms with E-state index in [1.165, 1.54) is 6.39 Å². The Labute approximate surface area is 133 Å². The largest absolute Gasteiger partial charge is 0.438 e. The van der Waals surface area contributed by atoms with Gasteiger partial charge in [-0.15, -0.1) is 0 Å². The first-order chi connectivity index (χ1) is 11.2. The first-order valence-electron chi connectivity index (χ1n) is 7.50. The van der Waals surface area contributed by atoms with Gasteiger partial charge >= 0.3 is 0 Å². The van der Waals surface area contributed by atoms with E-state index in [1.807, 2.05) is 41.4 Å².